The van der Waals surface area contributed by atoms with Gasteiger partial charge in [-0.1, -0.05) is 0 Å². The lowest BCUT2D eigenvalue weighted by atomic mass is 10.4. The monoisotopic (exact) mass is 250 g/mol. The minimum absolute atomic E-state index is 0.0880. The first-order chi connectivity index (χ1) is 8.49. The number of urea groups is 1. The molecular formula is C11H14N4O3. The van der Waals surface area contributed by atoms with Crippen molar-refractivity contribution in [3.8, 4) is 0 Å². The number of aromatic nitrogens is 1. The van der Waals surface area contributed by atoms with E-state index in [-0.39, 0.29) is 37.1 Å². The zero-order valence-electron chi connectivity index (χ0n) is 10.00. The van der Waals surface area contributed by atoms with E-state index < -0.39 is 0 Å². The number of likely N-dealkylation sites (N-methyl/N-ethyl adjacent to an activating group) is 1. The molecule has 2 rings (SSSR count). The van der Waals surface area contributed by atoms with Crippen LogP contribution in [0.3, 0.4) is 0 Å². The van der Waals surface area contributed by atoms with E-state index in [9.17, 15) is 14.4 Å². The Morgan fingerprint density at radius 2 is 1.94 bits per heavy atom. The molecule has 2 heterocycles. The Morgan fingerprint density at radius 1 is 1.22 bits per heavy atom. The topological polar surface area (TPSA) is 88.6 Å². The Bertz CT molecular complexity index is 551. The van der Waals surface area contributed by atoms with Gasteiger partial charge >= 0.3 is 6.03 Å². The lowest BCUT2D eigenvalue weighted by Gasteiger charge is -2.14. The molecule has 0 saturated carbocycles. The molecule has 18 heavy (non-hydrogen) atoms. The summed E-state index contributed by atoms with van der Waals surface area (Å²) in [5.74, 6) is -0.251. The maximum absolute atomic E-state index is 11.6. The number of carbonyl (C=O) groups is 2. The van der Waals surface area contributed by atoms with Gasteiger partial charge in [0.1, 0.15) is 6.54 Å². The summed E-state index contributed by atoms with van der Waals surface area (Å²) >= 11 is 0. The first-order valence-corrected chi connectivity index (χ1v) is 5.50. The number of nitrogens with zero attached hydrogens (tertiary/aromatic N) is 3. The van der Waals surface area contributed by atoms with Gasteiger partial charge in [-0.05, 0) is 6.07 Å². The molecule has 1 aromatic rings. The number of carbonyl (C=O) groups excluding carboxylic acids is 2. The number of hydrogen-bond donors (Lipinski definition) is 1. The average Bonchev–Trinajstić information content (AvgIpc) is 2.55. The minimum Gasteiger partial charge on any atom is -0.398 e. The van der Waals surface area contributed by atoms with Crippen molar-refractivity contribution in [1.29, 1.82) is 0 Å². The number of rotatable bonds is 3. The highest BCUT2D eigenvalue weighted by Crippen LogP contribution is 2.07. The third-order valence-corrected chi connectivity index (χ3v) is 2.80. The van der Waals surface area contributed by atoms with Crippen molar-refractivity contribution >= 4 is 17.6 Å². The summed E-state index contributed by atoms with van der Waals surface area (Å²) < 4.78 is 1.38. The Balaban J connectivity index is 2.08. The maximum Gasteiger partial charge on any atom is 0.327 e. The quantitative estimate of drug-likeness (QED) is 0.720. The largest absolute Gasteiger partial charge is 0.398 e. The average molecular weight is 250 g/mol. The van der Waals surface area contributed by atoms with Crippen LogP contribution in [0.1, 0.15) is 0 Å². The molecule has 1 aliphatic heterocycles. The molecule has 7 nitrogen and oxygen atoms in total. The van der Waals surface area contributed by atoms with E-state index >= 15 is 0 Å². The fourth-order valence-corrected chi connectivity index (χ4v) is 1.82. The number of anilines is 1. The van der Waals surface area contributed by atoms with Gasteiger partial charge in [0.05, 0.1) is 0 Å². The van der Waals surface area contributed by atoms with Crippen molar-refractivity contribution < 1.29 is 9.59 Å². The van der Waals surface area contributed by atoms with Crippen LogP contribution in [0, 0.1) is 0 Å². The molecule has 96 valence electrons. The molecule has 7 heteroatoms. The van der Waals surface area contributed by atoms with Crippen molar-refractivity contribution in [3.05, 3.63) is 28.7 Å². The molecule has 0 radical (unpaired) electrons. The van der Waals surface area contributed by atoms with E-state index in [4.69, 9.17) is 5.73 Å². The molecule has 0 atom stereocenters. The van der Waals surface area contributed by atoms with Gasteiger partial charge in [-0.3, -0.25) is 14.5 Å². The van der Waals surface area contributed by atoms with E-state index in [0.29, 0.717) is 5.69 Å². The molecule has 3 amide bonds. The second-order valence-corrected chi connectivity index (χ2v) is 4.18. The predicted molar refractivity (Wildman–Crippen MR) is 64.9 cm³/mol. The highest BCUT2D eigenvalue weighted by molar-refractivity contribution is 6.01. The summed E-state index contributed by atoms with van der Waals surface area (Å²) in [7, 11) is 1.56. The van der Waals surface area contributed by atoms with Crippen molar-refractivity contribution in [2.75, 3.05) is 25.9 Å². The van der Waals surface area contributed by atoms with Gasteiger partial charge in [0.25, 0.3) is 5.56 Å². The summed E-state index contributed by atoms with van der Waals surface area (Å²) in [5, 5.41) is 0. The molecule has 0 unspecified atom stereocenters. The second kappa shape index (κ2) is 4.52. The standard InChI is InChI=1S/C11H14N4O3/c1-13-7-10(17)15(11(13)18)5-4-14-6-8(12)2-3-9(14)16/h2-3,6H,4-5,7,12H2,1H3. The van der Waals surface area contributed by atoms with Crippen molar-refractivity contribution in [2.24, 2.45) is 0 Å². The number of hydrogen-bond acceptors (Lipinski definition) is 4. The van der Waals surface area contributed by atoms with E-state index in [1.165, 1.54) is 27.8 Å². The van der Waals surface area contributed by atoms with Gasteiger partial charge in [-0.2, -0.15) is 0 Å². The summed E-state index contributed by atoms with van der Waals surface area (Å²) in [4.78, 5) is 37.1. The highest BCUT2D eigenvalue weighted by atomic mass is 16.2. The van der Waals surface area contributed by atoms with Gasteiger partial charge in [-0.25, -0.2) is 4.79 Å². The smallest absolute Gasteiger partial charge is 0.327 e. The highest BCUT2D eigenvalue weighted by Gasteiger charge is 2.32. The van der Waals surface area contributed by atoms with E-state index in [0.717, 1.165) is 4.90 Å². The van der Waals surface area contributed by atoms with Crippen LogP contribution in [-0.2, 0) is 11.3 Å². The van der Waals surface area contributed by atoms with Crippen molar-refractivity contribution in [1.82, 2.24) is 14.4 Å². The Morgan fingerprint density at radius 3 is 2.56 bits per heavy atom. The second-order valence-electron chi connectivity index (χ2n) is 4.18. The van der Waals surface area contributed by atoms with Gasteiger partial charge in [0.15, 0.2) is 0 Å². The first-order valence-electron chi connectivity index (χ1n) is 5.50. The lowest BCUT2D eigenvalue weighted by molar-refractivity contribution is -0.125. The van der Waals surface area contributed by atoms with E-state index in [1.807, 2.05) is 0 Å². The van der Waals surface area contributed by atoms with Crippen LogP contribution < -0.4 is 11.3 Å². The number of amides is 3. The summed E-state index contributed by atoms with van der Waals surface area (Å²) in [6.07, 6.45) is 1.50. The van der Waals surface area contributed by atoms with Gasteiger partial charge in [0.2, 0.25) is 5.91 Å². The molecule has 0 bridgehead atoms. The Kier molecular flexibility index (Phi) is 3.05. The zero-order valence-corrected chi connectivity index (χ0v) is 10.00. The molecule has 0 aromatic carbocycles. The number of nitrogen functional groups attached to an aromatic ring is 1. The van der Waals surface area contributed by atoms with Crippen LogP contribution >= 0.6 is 0 Å². The summed E-state index contributed by atoms with van der Waals surface area (Å²) in [5.41, 5.74) is 5.82. The number of pyridine rings is 1. The molecule has 0 aliphatic carbocycles. The van der Waals surface area contributed by atoms with Crippen molar-refractivity contribution in [2.45, 2.75) is 6.54 Å². The maximum atomic E-state index is 11.6. The minimum atomic E-state index is -0.336. The predicted octanol–water partition coefficient (Wildman–Crippen LogP) is -0.675. The van der Waals surface area contributed by atoms with Gasteiger partial charge < -0.3 is 15.2 Å². The fourth-order valence-electron chi connectivity index (χ4n) is 1.82. The molecule has 1 aliphatic rings. The van der Waals surface area contributed by atoms with Crippen LogP contribution in [-0.4, -0.2) is 46.4 Å². The van der Waals surface area contributed by atoms with Gasteiger partial charge in [0, 0.05) is 38.1 Å². The van der Waals surface area contributed by atoms with E-state index in [2.05, 4.69) is 0 Å². The van der Waals surface area contributed by atoms with Crippen LogP contribution in [0.5, 0.6) is 0 Å². The van der Waals surface area contributed by atoms with Crippen LogP contribution in [0.15, 0.2) is 23.1 Å². The molecule has 1 saturated heterocycles. The van der Waals surface area contributed by atoms with Crippen LogP contribution in [0.4, 0.5) is 10.5 Å². The van der Waals surface area contributed by atoms with Crippen LogP contribution in [0.2, 0.25) is 0 Å². The van der Waals surface area contributed by atoms with Crippen molar-refractivity contribution in [3.63, 3.8) is 0 Å². The zero-order chi connectivity index (χ0) is 13.3. The Labute approximate surface area is 103 Å². The SMILES string of the molecule is CN1CC(=O)N(CCn2cc(N)ccc2=O)C1=O. The fraction of sp³-hybridized carbons (Fsp3) is 0.364. The molecule has 2 N–H and O–H groups in total. The molecule has 1 fully saturated rings. The summed E-state index contributed by atoms with van der Waals surface area (Å²) in [6, 6.07) is 2.53. The molecule has 0 spiro atoms. The van der Waals surface area contributed by atoms with Crippen LogP contribution in [0.25, 0.3) is 0 Å². The van der Waals surface area contributed by atoms with E-state index in [1.54, 1.807) is 7.05 Å². The number of imide groups is 1. The third kappa shape index (κ3) is 2.20. The Hall–Kier alpha value is -2.31. The number of nitrogens with two attached hydrogens (primary N) is 1. The first kappa shape index (κ1) is 12.2. The lowest BCUT2D eigenvalue weighted by Crippen LogP contribution is -2.36. The third-order valence-electron chi connectivity index (χ3n) is 2.80. The summed E-state index contributed by atoms with van der Waals surface area (Å²) in [6.45, 7) is 0.505. The van der Waals surface area contributed by atoms with Gasteiger partial charge in [-0.15, -0.1) is 0 Å². The normalized spacial score (nSPS) is 15.6. The molecule has 1 aromatic heterocycles. The molecular weight excluding hydrogens is 236 g/mol.